The molecule has 0 saturated heterocycles. The van der Waals surface area contributed by atoms with Crippen molar-refractivity contribution in [1.29, 1.82) is 0 Å². The van der Waals surface area contributed by atoms with Crippen molar-refractivity contribution in [3.05, 3.63) is 89.0 Å². The Balaban J connectivity index is 1.50. The average molecular weight is 439 g/mol. The highest BCUT2D eigenvalue weighted by Crippen LogP contribution is 2.23. The van der Waals surface area contributed by atoms with Gasteiger partial charge in [0.2, 0.25) is 5.91 Å². The molecule has 0 saturated carbocycles. The molecule has 168 valence electrons. The van der Waals surface area contributed by atoms with E-state index in [4.69, 9.17) is 0 Å². The first-order chi connectivity index (χ1) is 15.8. The van der Waals surface area contributed by atoms with Gasteiger partial charge < -0.3 is 5.32 Å². The summed E-state index contributed by atoms with van der Waals surface area (Å²) in [6.45, 7) is 10.6. The van der Waals surface area contributed by atoms with Gasteiger partial charge in [-0.2, -0.15) is 4.80 Å². The predicted octanol–water partition coefficient (Wildman–Crippen LogP) is 6.63. The van der Waals surface area contributed by atoms with Gasteiger partial charge in [-0.3, -0.25) is 4.79 Å². The van der Waals surface area contributed by atoms with E-state index in [1.54, 1.807) is 10.9 Å². The summed E-state index contributed by atoms with van der Waals surface area (Å²) in [5.74, 6) is 0.787. The molecule has 0 radical (unpaired) electrons. The van der Waals surface area contributed by atoms with Crippen LogP contribution in [0.1, 0.15) is 61.8 Å². The largest absolute Gasteiger partial charge is 0.322 e. The van der Waals surface area contributed by atoms with Crippen LogP contribution < -0.4 is 5.32 Å². The fourth-order valence-electron chi connectivity index (χ4n) is 3.65. The van der Waals surface area contributed by atoms with E-state index in [0.717, 1.165) is 33.5 Å². The van der Waals surface area contributed by atoms with E-state index in [-0.39, 0.29) is 5.91 Å². The van der Waals surface area contributed by atoms with Crippen molar-refractivity contribution in [2.75, 3.05) is 5.32 Å². The summed E-state index contributed by atoms with van der Waals surface area (Å²) in [5.41, 5.74) is 7.65. The monoisotopic (exact) mass is 438 g/mol. The Labute approximate surface area is 195 Å². The number of nitrogens with zero attached hydrogens (tertiary/aromatic N) is 3. The number of benzene rings is 3. The molecule has 0 spiro atoms. The number of aromatic nitrogens is 3. The first kappa shape index (κ1) is 22.5. The Morgan fingerprint density at radius 2 is 1.39 bits per heavy atom. The third-order valence-corrected chi connectivity index (χ3v) is 5.81. The highest BCUT2D eigenvalue weighted by Gasteiger charge is 2.10. The second-order valence-corrected chi connectivity index (χ2v) is 9.04. The molecule has 5 heteroatoms. The van der Waals surface area contributed by atoms with Gasteiger partial charge in [0, 0.05) is 11.8 Å². The van der Waals surface area contributed by atoms with Crippen LogP contribution in [0, 0.1) is 6.92 Å². The predicted molar refractivity (Wildman–Crippen MR) is 136 cm³/mol. The van der Waals surface area contributed by atoms with Gasteiger partial charge in [0.05, 0.1) is 5.69 Å². The van der Waals surface area contributed by atoms with Gasteiger partial charge >= 0.3 is 0 Å². The minimum atomic E-state index is -0.179. The molecular weight excluding hydrogens is 408 g/mol. The molecule has 0 aliphatic rings. The van der Waals surface area contributed by atoms with E-state index < -0.39 is 0 Å². The van der Waals surface area contributed by atoms with Crippen LogP contribution in [0.3, 0.4) is 0 Å². The van der Waals surface area contributed by atoms with E-state index in [1.165, 1.54) is 11.1 Å². The fourth-order valence-corrected chi connectivity index (χ4v) is 3.65. The molecule has 4 rings (SSSR count). The van der Waals surface area contributed by atoms with Crippen LogP contribution in [0.15, 0.2) is 66.7 Å². The van der Waals surface area contributed by atoms with Crippen molar-refractivity contribution >= 4 is 28.7 Å². The number of hydrogen-bond donors (Lipinski definition) is 1. The topological polar surface area (TPSA) is 59.8 Å². The van der Waals surface area contributed by atoms with Crippen LogP contribution in [-0.4, -0.2) is 20.9 Å². The Morgan fingerprint density at radius 1 is 0.848 bits per heavy atom. The minimum Gasteiger partial charge on any atom is -0.322 e. The molecule has 0 aliphatic heterocycles. The van der Waals surface area contributed by atoms with Gasteiger partial charge in [0.15, 0.2) is 0 Å². The van der Waals surface area contributed by atoms with Crippen molar-refractivity contribution in [3.8, 4) is 5.69 Å². The Kier molecular flexibility index (Phi) is 6.40. The molecule has 0 unspecified atom stereocenters. The second-order valence-electron chi connectivity index (χ2n) is 9.04. The van der Waals surface area contributed by atoms with E-state index in [1.807, 2.05) is 49.4 Å². The maximum absolute atomic E-state index is 12.5. The maximum atomic E-state index is 12.5. The Bertz CT molecular complexity index is 1300. The molecule has 1 amide bonds. The number of carbonyl (C=O) groups is 1. The number of hydrogen-bond acceptors (Lipinski definition) is 3. The standard InChI is InChI=1S/C28H30N4O/c1-18(2)22-9-6-21(7-10-22)8-15-28(33)29-25-17-27-26(16-20(25)5)30-32(31-27)24-13-11-23(12-14-24)19(3)4/h6-19H,1-5H3,(H,29,33). The van der Waals surface area contributed by atoms with Crippen LogP contribution >= 0.6 is 0 Å². The van der Waals surface area contributed by atoms with Gasteiger partial charge in [-0.15, -0.1) is 10.2 Å². The minimum absolute atomic E-state index is 0.179. The molecule has 1 aromatic heterocycles. The van der Waals surface area contributed by atoms with E-state index in [9.17, 15) is 4.79 Å². The summed E-state index contributed by atoms with van der Waals surface area (Å²) in [6.07, 6.45) is 3.38. The summed E-state index contributed by atoms with van der Waals surface area (Å²) in [7, 11) is 0. The summed E-state index contributed by atoms with van der Waals surface area (Å²) >= 11 is 0. The fraction of sp³-hybridized carbons (Fsp3) is 0.250. The molecule has 5 nitrogen and oxygen atoms in total. The van der Waals surface area contributed by atoms with Crippen LogP contribution in [-0.2, 0) is 4.79 Å². The summed E-state index contributed by atoms with van der Waals surface area (Å²) in [5, 5.41) is 12.2. The summed E-state index contributed by atoms with van der Waals surface area (Å²) in [4.78, 5) is 14.2. The van der Waals surface area contributed by atoms with Crippen LogP contribution in [0.4, 0.5) is 5.69 Å². The van der Waals surface area contributed by atoms with Crippen LogP contribution in [0.5, 0.6) is 0 Å². The Hall–Kier alpha value is -3.73. The first-order valence-electron chi connectivity index (χ1n) is 11.4. The highest BCUT2D eigenvalue weighted by atomic mass is 16.1. The summed E-state index contributed by atoms with van der Waals surface area (Å²) in [6, 6.07) is 20.3. The number of anilines is 1. The van der Waals surface area contributed by atoms with E-state index in [0.29, 0.717) is 11.8 Å². The van der Waals surface area contributed by atoms with Gasteiger partial charge in [-0.1, -0.05) is 64.1 Å². The van der Waals surface area contributed by atoms with E-state index >= 15 is 0 Å². The van der Waals surface area contributed by atoms with Gasteiger partial charge in [-0.25, -0.2) is 0 Å². The van der Waals surface area contributed by atoms with Gasteiger partial charge in [0.1, 0.15) is 11.0 Å². The lowest BCUT2D eigenvalue weighted by atomic mass is 10.0. The lowest BCUT2D eigenvalue weighted by Crippen LogP contribution is -2.08. The molecule has 0 aliphatic carbocycles. The number of carbonyl (C=O) groups excluding carboxylic acids is 1. The number of aryl methyl sites for hydroxylation is 1. The van der Waals surface area contributed by atoms with Crippen LogP contribution in [0.2, 0.25) is 0 Å². The van der Waals surface area contributed by atoms with Crippen molar-refractivity contribution in [2.45, 2.75) is 46.5 Å². The molecule has 0 fully saturated rings. The number of amides is 1. The zero-order valence-corrected chi connectivity index (χ0v) is 19.8. The van der Waals surface area contributed by atoms with Crippen molar-refractivity contribution in [2.24, 2.45) is 0 Å². The van der Waals surface area contributed by atoms with Crippen molar-refractivity contribution < 1.29 is 4.79 Å². The number of nitrogens with one attached hydrogen (secondary N) is 1. The van der Waals surface area contributed by atoms with Gasteiger partial charge in [0.25, 0.3) is 0 Å². The molecule has 1 N–H and O–H groups in total. The lowest BCUT2D eigenvalue weighted by Gasteiger charge is -2.06. The smallest absolute Gasteiger partial charge is 0.248 e. The normalized spacial score (nSPS) is 11.7. The molecular formula is C28H30N4O. The van der Waals surface area contributed by atoms with Gasteiger partial charge in [-0.05, 0) is 71.4 Å². The molecule has 0 bridgehead atoms. The molecule has 1 heterocycles. The SMILES string of the molecule is Cc1cc2nn(-c3ccc(C(C)C)cc3)nc2cc1NC(=O)C=Cc1ccc(C(C)C)cc1. The second kappa shape index (κ2) is 9.41. The highest BCUT2D eigenvalue weighted by molar-refractivity contribution is 6.03. The zero-order valence-electron chi connectivity index (χ0n) is 19.8. The summed E-state index contributed by atoms with van der Waals surface area (Å²) < 4.78 is 0. The number of fused-ring (bicyclic) bond motifs is 1. The van der Waals surface area contributed by atoms with Crippen LogP contribution in [0.25, 0.3) is 22.8 Å². The van der Waals surface area contributed by atoms with Crippen molar-refractivity contribution in [3.63, 3.8) is 0 Å². The third-order valence-electron chi connectivity index (χ3n) is 5.81. The maximum Gasteiger partial charge on any atom is 0.248 e. The van der Waals surface area contributed by atoms with E-state index in [2.05, 4.69) is 67.5 Å². The first-order valence-corrected chi connectivity index (χ1v) is 11.4. The molecule has 4 aromatic rings. The van der Waals surface area contributed by atoms with Crippen molar-refractivity contribution in [1.82, 2.24) is 15.0 Å². The zero-order chi connectivity index (χ0) is 23.5. The quantitative estimate of drug-likeness (QED) is 0.344. The Morgan fingerprint density at radius 3 is 1.97 bits per heavy atom. The molecule has 3 aromatic carbocycles. The third kappa shape index (κ3) is 5.20. The average Bonchev–Trinajstić information content (AvgIpc) is 3.21. The molecule has 33 heavy (non-hydrogen) atoms. The molecule has 0 atom stereocenters. The lowest BCUT2D eigenvalue weighted by molar-refractivity contribution is -0.111. The number of rotatable bonds is 6.